The summed E-state index contributed by atoms with van der Waals surface area (Å²) in [7, 11) is 1.92. The quantitative estimate of drug-likeness (QED) is 0.552. The van der Waals surface area contributed by atoms with Crippen molar-refractivity contribution < 1.29 is 9.53 Å². The van der Waals surface area contributed by atoms with Crippen molar-refractivity contribution in [1.82, 2.24) is 14.8 Å². The number of nitrogens with one attached hydrogen (secondary N) is 1. The zero-order valence-corrected chi connectivity index (χ0v) is 18.1. The number of thioether (sulfide) groups is 1. The zero-order chi connectivity index (χ0) is 20.9. The van der Waals surface area contributed by atoms with Crippen molar-refractivity contribution in [2.75, 3.05) is 11.1 Å². The summed E-state index contributed by atoms with van der Waals surface area (Å²) in [6.07, 6.45) is 5.14. The van der Waals surface area contributed by atoms with E-state index in [9.17, 15) is 4.79 Å². The van der Waals surface area contributed by atoms with E-state index in [1.54, 1.807) is 0 Å². The molecule has 0 aliphatic heterocycles. The normalized spacial score (nSPS) is 14.1. The highest BCUT2D eigenvalue weighted by Gasteiger charge is 2.17. The third-order valence-electron chi connectivity index (χ3n) is 5.19. The van der Waals surface area contributed by atoms with Gasteiger partial charge in [-0.2, -0.15) is 0 Å². The highest BCUT2D eigenvalue weighted by Crippen LogP contribution is 2.27. The summed E-state index contributed by atoms with van der Waals surface area (Å²) in [4.78, 5) is 12.3. The Morgan fingerprint density at radius 1 is 1.17 bits per heavy atom. The Morgan fingerprint density at radius 3 is 2.67 bits per heavy atom. The summed E-state index contributed by atoms with van der Waals surface area (Å²) in [5, 5.41) is 12.2. The molecule has 0 spiro atoms. The van der Waals surface area contributed by atoms with Crippen LogP contribution in [0.5, 0.6) is 5.75 Å². The highest BCUT2D eigenvalue weighted by molar-refractivity contribution is 7.99. The molecule has 1 N–H and O–H groups in total. The van der Waals surface area contributed by atoms with Crippen LogP contribution in [0, 0.1) is 6.92 Å². The average Bonchev–Trinajstić information content (AvgIpc) is 3.37. The van der Waals surface area contributed by atoms with E-state index in [1.807, 2.05) is 67.1 Å². The number of carbonyl (C=O) groups is 1. The first kappa shape index (κ1) is 20.5. The number of benzene rings is 2. The third kappa shape index (κ3) is 5.02. The molecule has 1 saturated carbocycles. The largest absolute Gasteiger partial charge is 0.490 e. The Hall–Kier alpha value is -2.80. The number of aryl methyl sites for hydroxylation is 1. The van der Waals surface area contributed by atoms with Crippen LogP contribution < -0.4 is 10.1 Å². The second kappa shape index (κ2) is 9.34. The van der Waals surface area contributed by atoms with Gasteiger partial charge in [0.05, 0.1) is 11.9 Å². The predicted octanol–water partition coefficient (Wildman–Crippen LogP) is 4.84. The molecule has 0 bridgehead atoms. The number of nitrogens with zero attached hydrogens (tertiary/aromatic N) is 3. The fourth-order valence-electron chi connectivity index (χ4n) is 3.62. The number of anilines is 1. The number of amides is 1. The van der Waals surface area contributed by atoms with Crippen molar-refractivity contribution in [2.45, 2.75) is 43.9 Å². The maximum Gasteiger partial charge on any atom is 0.234 e. The molecule has 156 valence electrons. The van der Waals surface area contributed by atoms with E-state index >= 15 is 0 Å². The van der Waals surface area contributed by atoms with E-state index in [1.165, 1.54) is 24.6 Å². The lowest BCUT2D eigenvalue weighted by molar-refractivity contribution is -0.113. The molecule has 7 heteroatoms. The number of aromatic nitrogens is 3. The molecule has 0 unspecified atom stereocenters. The molecule has 30 heavy (non-hydrogen) atoms. The van der Waals surface area contributed by atoms with Gasteiger partial charge in [0, 0.05) is 18.3 Å². The van der Waals surface area contributed by atoms with E-state index in [0.29, 0.717) is 11.3 Å². The second-order valence-electron chi connectivity index (χ2n) is 7.62. The van der Waals surface area contributed by atoms with E-state index < -0.39 is 0 Å². The Balaban J connectivity index is 1.35. The molecule has 1 fully saturated rings. The van der Waals surface area contributed by atoms with Crippen LogP contribution in [0.25, 0.3) is 11.4 Å². The van der Waals surface area contributed by atoms with E-state index in [2.05, 4.69) is 15.5 Å². The minimum Gasteiger partial charge on any atom is -0.490 e. The van der Waals surface area contributed by atoms with Crippen LogP contribution in [-0.2, 0) is 11.8 Å². The van der Waals surface area contributed by atoms with Gasteiger partial charge in [0.15, 0.2) is 11.0 Å². The first-order chi connectivity index (χ1) is 14.6. The first-order valence-corrected chi connectivity index (χ1v) is 11.2. The van der Waals surface area contributed by atoms with Crippen molar-refractivity contribution in [3.8, 4) is 17.1 Å². The molecular formula is C23H26N4O2S. The Bertz CT molecular complexity index is 1010. The van der Waals surface area contributed by atoms with Crippen molar-refractivity contribution in [3.05, 3.63) is 54.1 Å². The second-order valence-corrected chi connectivity index (χ2v) is 8.56. The van der Waals surface area contributed by atoms with Gasteiger partial charge >= 0.3 is 0 Å². The number of carbonyl (C=O) groups excluding carboxylic acids is 1. The molecular weight excluding hydrogens is 396 g/mol. The molecule has 1 aromatic heterocycles. The average molecular weight is 423 g/mol. The van der Waals surface area contributed by atoms with Crippen LogP contribution in [0.4, 0.5) is 5.69 Å². The van der Waals surface area contributed by atoms with Crippen LogP contribution in [0.1, 0.15) is 31.2 Å². The lowest BCUT2D eigenvalue weighted by Gasteiger charge is -2.13. The van der Waals surface area contributed by atoms with Gasteiger partial charge in [-0.1, -0.05) is 23.9 Å². The maximum absolute atomic E-state index is 12.3. The third-order valence-corrected chi connectivity index (χ3v) is 6.21. The first-order valence-electron chi connectivity index (χ1n) is 10.2. The van der Waals surface area contributed by atoms with Gasteiger partial charge < -0.3 is 14.6 Å². The molecule has 1 aliphatic carbocycles. The van der Waals surface area contributed by atoms with Crippen LogP contribution in [-0.4, -0.2) is 32.5 Å². The van der Waals surface area contributed by atoms with Gasteiger partial charge in [-0.3, -0.25) is 4.79 Å². The van der Waals surface area contributed by atoms with Gasteiger partial charge in [-0.15, -0.1) is 10.2 Å². The van der Waals surface area contributed by atoms with Gasteiger partial charge in [-0.25, -0.2) is 0 Å². The minimum atomic E-state index is -0.0661. The van der Waals surface area contributed by atoms with E-state index in [0.717, 1.165) is 41.2 Å². The lowest BCUT2D eigenvalue weighted by Crippen LogP contribution is -2.14. The number of hydrogen-bond donors (Lipinski definition) is 1. The smallest absolute Gasteiger partial charge is 0.234 e. The Kier molecular flexibility index (Phi) is 6.38. The number of rotatable bonds is 7. The molecule has 4 rings (SSSR count). The highest BCUT2D eigenvalue weighted by atomic mass is 32.2. The SMILES string of the molecule is Cc1cccc(NC(=O)CSc2nnc(-c3ccc(OC4CCCC4)cc3)n2C)c1. The van der Waals surface area contributed by atoms with Crippen molar-refractivity contribution in [2.24, 2.45) is 7.05 Å². The van der Waals surface area contributed by atoms with Crippen LogP contribution in [0.2, 0.25) is 0 Å². The molecule has 1 amide bonds. The van der Waals surface area contributed by atoms with Crippen molar-refractivity contribution in [1.29, 1.82) is 0 Å². The van der Waals surface area contributed by atoms with E-state index in [-0.39, 0.29) is 11.7 Å². The molecule has 3 aromatic rings. The van der Waals surface area contributed by atoms with Gasteiger partial charge in [0.1, 0.15) is 5.75 Å². The van der Waals surface area contributed by atoms with Crippen LogP contribution in [0.15, 0.2) is 53.7 Å². The van der Waals surface area contributed by atoms with Crippen molar-refractivity contribution in [3.63, 3.8) is 0 Å². The lowest BCUT2D eigenvalue weighted by atomic mass is 10.2. The van der Waals surface area contributed by atoms with Crippen molar-refractivity contribution >= 4 is 23.4 Å². The molecule has 1 aliphatic rings. The summed E-state index contributed by atoms with van der Waals surface area (Å²) >= 11 is 1.37. The summed E-state index contributed by atoms with van der Waals surface area (Å²) in [6, 6.07) is 15.8. The molecule has 6 nitrogen and oxygen atoms in total. The summed E-state index contributed by atoms with van der Waals surface area (Å²) < 4.78 is 7.95. The summed E-state index contributed by atoms with van der Waals surface area (Å²) in [5.41, 5.74) is 2.89. The van der Waals surface area contributed by atoms with Gasteiger partial charge in [0.25, 0.3) is 0 Å². The maximum atomic E-state index is 12.3. The zero-order valence-electron chi connectivity index (χ0n) is 17.3. The van der Waals surface area contributed by atoms with Gasteiger partial charge in [0.2, 0.25) is 5.91 Å². The minimum absolute atomic E-state index is 0.0661. The Morgan fingerprint density at radius 2 is 1.93 bits per heavy atom. The number of ether oxygens (including phenoxy) is 1. The number of hydrogen-bond acceptors (Lipinski definition) is 5. The van der Waals surface area contributed by atoms with E-state index in [4.69, 9.17) is 4.74 Å². The predicted molar refractivity (Wildman–Crippen MR) is 120 cm³/mol. The summed E-state index contributed by atoms with van der Waals surface area (Å²) in [5.74, 6) is 1.87. The monoisotopic (exact) mass is 422 g/mol. The topological polar surface area (TPSA) is 69.0 Å². The van der Waals surface area contributed by atoms with Gasteiger partial charge in [-0.05, 0) is 74.6 Å². The molecule has 0 saturated heterocycles. The fraction of sp³-hybridized carbons (Fsp3) is 0.348. The van der Waals surface area contributed by atoms with Crippen LogP contribution in [0.3, 0.4) is 0 Å². The molecule has 1 heterocycles. The molecule has 0 atom stereocenters. The fourth-order valence-corrected chi connectivity index (χ4v) is 4.33. The Labute approximate surface area is 181 Å². The molecule has 2 aromatic carbocycles. The molecule has 0 radical (unpaired) electrons. The van der Waals surface area contributed by atoms with Crippen LogP contribution >= 0.6 is 11.8 Å². The summed E-state index contributed by atoms with van der Waals surface area (Å²) in [6.45, 7) is 2.00. The standard InChI is InChI=1S/C23H26N4O2S/c1-16-6-5-7-18(14-16)24-21(28)15-30-23-26-25-22(27(23)2)17-10-12-20(13-11-17)29-19-8-3-4-9-19/h5-7,10-14,19H,3-4,8-9,15H2,1-2H3,(H,24,28).